The van der Waals surface area contributed by atoms with Crippen molar-refractivity contribution in [2.75, 3.05) is 7.11 Å². The maximum atomic E-state index is 14.2. The Morgan fingerprint density at radius 1 is 1.17 bits per heavy atom. The Bertz CT molecular complexity index is 1360. The minimum Gasteiger partial charge on any atom is -0.477 e. The zero-order chi connectivity index (χ0) is 26.8. The monoisotopic (exact) mass is 508 g/mol. The standard InChI is InChI=1S/C28H27FNO5P/c1-7-28(26(31)32,36(34)35-6)27(5,33)24-21(20-13-14-22(29)18(4)15-20)16-23(30-25(24)17(2)3)19-11-9-8-10-12-19/h1,8-17,33H,2-6H3/p+1. The van der Waals surface area contributed by atoms with Crippen LogP contribution in [0.15, 0.2) is 54.6 Å². The third kappa shape index (κ3) is 4.44. The van der Waals surface area contributed by atoms with E-state index in [4.69, 9.17) is 15.9 Å². The summed E-state index contributed by atoms with van der Waals surface area (Å²) in [6.45, 7) is 6.48. The highest BCUT2D eigenvalue weighted by molar-refractivity contribution is 7.43. The maximum Gasteiger partial charge on any atom is 0.543 e. The first-order valence-electron chi connectivity index (χ1n) is 11.2. The second-order valence-corrected chi connectivity index (χ2v) is 10.5. The molecule has 1 heterocycles. The fraction of sp³-hybridized carbons (Fsp3) is 0.286. The molecule has 6 nitrogen and oxygen atoms in total. The van der Waals surface area contributed by atoms with Crippen LogP contribution in [0.25, 0.3) is 22.4 Å². The van der Waals surface area contributed by atoms with Crippen LogP contribution >= 0.6 is 8.03 Å². The largest absolute Gasteiger partial charge is 0.543 e. The molecule has 8 heteroatoms. The number of aromatic nitrogens is 1. The molecule has 0 aliphatic carbocycles. The number of hydrogen-bond donors (Lipinski definition) is 2. The Morgan fingerprint density at radius 3 is 2.31 bits per heavy atom. The number of halogens is 1. The fourth-order valence-corrected chi connectivity index (χ4v) is 5.33. The zero-order valence-corrected chi connectivity index (χ0v) is 21.6. The summed E-state index contributed by atoms with van der Waals surface area (Å²) in [5, 5.41) is 19.6. The predicted molar refractivity (Wildman–Crippen MR) is 137 cm³/mol. The molecule has 36 heavy (non-hydrogen) atoms. The van der Waals surface area contributed by atoms with Gasteiger partial charge < -0.3 is 10.2 Å². The number of carboxylic acids is 1. The van der Waals surface area contributed by atoms with Crippen LogP contribution in [0.3, 0.4) is 0 Å². The van der Waals surface area contributed by atoms with Crippen LogP contribution in [0.4, 0.5) is 4.39 Å². The quantitative estimate of drug-likeness (QED) is 0.285. The second-order valence-electron chi connectivity index (χ2n) is 8.97. The lowest BCUT2D eigenvalue weighted by molar-refractivity contribution is -0.145. The Morgan fingerprint density at radius 2 is 1.81 bits per heavy atom. The second kappa shape index (κ2) is 10.3. The lowest BCUT2D eigenvalue weighted by atomic mass is 9.76. The van der Waals surface area contributed by atoms with Crippen LogP contribution in [0.1, 0.15) is 43.5 Å². The number of rotatable bonds is 8. The van der Waals surface area contributed by atoms with Crippen molar-refractivity contribution in [2.24, 2.45) is 0 Å². The van der Waals surface area contributed by atoms with E-state index in [1.165, 1.54) is 19.1 Å². The summed E-state index contributed by atoms with van der Waals surface area (Å²) < 4.78 is 32.1. The molecular formula is C28H28FNO5P+. The van der Waals surface area contributed by atoms with Gasteiger partial charge in [-0.1, -0.05) is 50.2 Å². The smallest absolute Gasteiger partial charge is 0.477 e. The molecule has 0 aliphatic rings. The van der Waals surface area contributed by atoms with Crippen molar-refractivity contribution in [1.82, 2.24) is 4.98 Å². The highest BCUT2D eigenvalue weighted by Crippen LogP contribution is 2.54. The highest BCUT2D eigenvalue weighted by atomic mass is 31.1. The van der Waals surface area contributed by atoms with Crippen LogP contribution < -0.4 is 0 Å². The van der Waals surface area contributed by atoms with Crippen LogP contribution in [-0.2, 0) is 19.5 Å². The fourth-order valence-electron chi connectivity index (χ4n) is 4.33. The number of terminal acetylenes is 1. The number of pyridine rings is 1. The van der Waals surface area contributed by atoms with Crippen molar-refractivity contribution in [2.45, 2.75) is 44.4 Å². The molecule has 186 valence electrons. The minimum absolute atomic E-state index is 0.0870. The van der Waals surface area contributed by atoms with Gasteiger partial charge in [0.25, 0.3) is 0 Å². The molecule has 3 aromatic rings. The van der Waals surface area contributed by atoms with E-state index >= 15 is 0 Å². The molecule has 0 spiro atoms. The average molecular weight is 509 g/mol. The van der Waals surface area contributed by atoms with Gasteiger partial charge in [-0.15, -0.1) is 10.9 Å². The summed E-state index contributed by atoms with van der Waals surface area (Å²) in [5.74, 6) is -0.332. The van der Waals surface area contributed by atoms with Crippen molar-refractivity contribution in [3.05, 3.63) is 77.2 Å². The summed E-state index contributed by atoms with van der Waals surface area (Å²) in [4.78, 5) is 17.3. The van der Waals surface area contributed by atoms with E-state index in [0.29, 0.717) is 28.1 Å². The zero-order valence-electron chi connectivity index (χ0n) is 20.7. The van der Waals surface area contributed by atoms with Crippen molar-refractivity contribution >= 4 is 14.0 Å². The number of carboxylic acid groups (broad SMARTS) is 1. The first kappa shape index (κ1) is 27.2. The SMILES string of the molecule is C#CC(C(=O)O)([P+](=O)OC)C(C)(O)c1c(-c2ccc(F)c(C)c2)cc(-c2ccccc2)nc1C(C)C. The van der Waals surface area contributed by atoms with Gasteiger partial charge in [0.15, 0.2) is 5.60 Å². The highest BCUT2D eigenvalue weighted by Gasteiger charge is 2.71. The number of aryl methyl sites for hydroxylation is 1. The van der Waals surface area contributed by atoms with Crippen molar-refractivity contribution in [1.29, 1.82) is 0 Å². The van der Waals surface area contributed by atoms with Gasteiger partial charge in [0.05, 0.1) is 18.5 Å². The van der Waals surface area contributed by atoms with E-state index in [-0.39, 0.29) is 11.5 Å². The number of carbonyl (C=O) groups is 1. The van der Waals surface area contributed by atoms with Gasteiger partial charge >= 0.3 is 19.2 Å². The van der Waals surface area contributed by atoms with Gasteiger partial charge in [0.2, 0.25) is 0 Å². The van der Waals surface area contributed by atoms with Gasteiger partial charge in [-0.3, -0.25) is 4.98 Å². The van der Waals surface area contributed by atoms with Crippen molar-refractivity contribution < 1.29 is 28.5 Å². The lowest BCUT2D eigenvalue weighted by Gasteiger charge is -2.34. The van der Waals surface area contributed by atoms with Crippen molar-refractivity contribution in [3.63, 3.8) is 0 Å². The Labute approximate surface area is 211 Å². The summed E-state index contributed by atoms with van der Waals surface area (Å²) in [5.41, 5.74) is 0.643. The number of aliphatic carboxylic acids is 1. The molecule has 0 saturated carbocycles. The number of hydrogen-bond acceptors (Lipinski definition) is 5. The summed E-state index contributed by atoms with van der Waals surface area (Å²) >= 11 is 0. The van der Waals surface area contributed by atoms with E-state index < -0.39 is 30.6 Å². The normalized spacial score (nSPS) is 15.0. The first-order valence-corrected chi connectivity index (χ1v) is 12.4. The van der Waals surface area contributed by atoms with Gasteiger partial charge in [-0.2, -0.15) is 0 Å². The Kier molecular flexibility index (Phi) is 7.76. The third-order valence-electron chi connectivity index (χ3n) is 6.28. The maximum absolute atomic E-state index is 14.2. The van der Waals surface area contributed by atoms with E-state index in [1.807, 2.05) is 44.2 Å². The van der Waals surface area contributed by atoms with Gasteiger partial charge in [0, 0.05) is 11.1 Å². The molecule has 3 rings (SSSR count). The van der Waals surface area contributed by atoms with Gasteiger partial charge in [0.1, 0.15) is 5.82 Å². The summed E-state index contributed by atoms with van der Waals surface area (Å²) in [6.07, 6.45) is 5.66. The van der Waals surface area contributed by atoms with E-state index in [2.05, 4.69) is 5.92 Å². The summed E-state index contributed by atoms with van der Waals surface area (Å²) in [6, 6.07) is 15.4. The number of aliphatic hydroxyl groups is 1. The number of benzene rings is 2. The Hall–Kier alpha value is -3.43. The molecule has 0 bridgehead atoms. The first-order chi connectivity index (χ1) is 16.9. The lowest BCUT2D eigenvalue weighted by Crippen LogP contribution is -2.53. The van der Waals surface area contributed by atoms with Crippen LogP contribution in [0, 0.1) is 25.1 Å². The molecule has 0 amide bonds. The molecular weight excluding hydrogens is 480 g/mol. The molecule has 2 N–H and O–H groups in total. The van der Waals surface area contributed by atoms with Crippen LogP contribution in [0.2, 0.25) is 0 Å². The Balaban J connectivity index is 2.54. The van der Waals surface area contributed by atoms with E-state index in [1.54, 1.807) is 19.1 Å². The van der Waals surface area contributed by atoms with Crippen LogP contribution in [0.5, 0.6) is 0 Å². The van der Waals surface area contributed by atoms with Gasteiger partial charge in [-0.05, 0) is 65.1 Å². The third-order valence-corrected chi connectivity index (χ3v) is 7.92. The van der Waals surface area contributed by atoms with Crippen molar-refractivity contribution in [3.8, 4) is 34.7 Å². The molecule has 2 aromatic carbocycles. The molecule has 1 aromatic heterocycles. The van der Waals surface area contributed by atoms with Crippen LogP contribution in [-0.4, -0.2) is 33.4 Å². The molecule has 0 aliphatic heterocycles. The van der Waals surface area contributed by atoms with E-state index in [9.17, 15) is 24.0 Å². The summed E-state index contributed by atoms with van der Waals surface area (Å²) in [7, 11) is -2.01. The average Bonchev–Trinajstić information content (AvgIpc) is 2.85. The molecule has 3 atom stereocenters. The van der Waals surface area contributed by atoms with Gasteiger partial charge in [-0.25, -0.2) is 9.18 Å². The molecule has 0 fully saturated rings. The molecule has 0 radical (unpaired) electrons. The number of nitrogens with zero attached hydrogens (tertiary/aromatic N) is 1. The molecule has 0 saturated heterocycles. The van der Waals surface area contributed by atoms with E-state index in [0.717, 1.165) is 12.7 Å². The minimum atomic E-state index is -3.08. The predicted octanol–water partition coefficient (Wildman–Crippen LogP) is 6.04. The topological polar surface area (TPSA) is 96.7 Å². The molecule has 3 unspecified atom stereocenters.